The summed E-state index contributed by atoms with van der Waals surface area (Å²) in [5, 5.41) is 71.3. The Bertz CT molecular complexity index is 960. The van der Waals surface area contributed by atoms with Crippen molar-refractivity contribution in [3.05, 3.63) is 11.8 Å². The zero-order chi connectivity index (χ0) is 31.9. The molecule has 1 unspecified atom stereocenters. The third kappa shape index (κ3) is 8.95. The lowest BCUT2D eigenvalue weighted by Gasteiger charge is -2.50. The second kappa shape index (κ2) is 15.7. The van der Waals surface area contributed by atoms with E-state index in [9.17, 15) is 25.2 Å². The number of hydrogen-bond acceptors (Lipinski definition) is 14. The fraction of sp³-hybridized carbons (Fsp3) is 0.846. The summed E-state index contributed by atoms with van der Waals surface area (Å²) in [7, 11) is 1.57. The number of hydrogen-bond donors (Lipinski definition) is 13. The number of ether oxygens (including phenoxy) is 3. The lowest BCUT2D eigenvalue weighted by Crippen LogP contribution is -2.69. The smallest absolute Gasteiger partial charge is 0.249 e. The Morgan fingerprint density at radius 2 is 1.98 bits per heavy atom. The van der Waals surface area contributed by atoms with Crippen molar-refractivity contribution in [3.63, 3.8) is 0 Å². The molecule has 1 saturated carbocycles. The van der Waals surface area contributed by atoms with Crippen molar-refractivity contribution in [2.45, 2.75) is 92.8 Å². The molecule has 17 heteroatoms. The number of aliphatic hydroxyl groups is 5. The molecule has 1 aliphatic carbocycles. The van der Waals surface area contributed by atoms with Gasteiger partial charge in [0, 0.05) is 31.1 Å². The minimum Gasteiger partial charge on any atom is -0.492 e. The van der Waals surface area contributed by atoms with Gasteiger partial charge >= 0.3 is 0 Å². The SMILES string of the molecule is CN[C@@H]1[C@@H](O)[C@@H](O[C@H]2[C@H](NC(=O)[C@@H](O)CCNC(=N)N)C[C@H](N)C([C@H]3OC(CNCCO)=CC[C@H]3N)[C@@H]2O)OC[C@]1(C)O. The van der Waals surface area contributed by atoms with Gasteiger partial charge in [0.1, 0.15) is 35.8 Å². The summed E-state index contributed by atoms with van der Waals surface area (Å²) in [6, 6.07) is -2.99. The summed E-state index contributed by atoms with van der Waals surface area (Å²) in [5.41, 5.74) is 16.8. The maximum absolute atomic E-state index is 12.9. The Labute approximate surface area is 251 Å². The van der Waals surface area contributed by atoms with Gasteiger partial charge in [-0.2, -0.15) is 0 Å². The first-order valence-electron chi connectivity index (χ1n) is 14.6. The lowest BCUT2D eigenvalue weighted by molar-refractivity contribution is -0.297. The molecule has 248 valence electrons. The van der Waals surface area contributed by atoms with Crippen molar-refractivity contribution >= 4 is 11.9 Å². The van der Waals surface area contributed by atoms with E-state index in [4.69, 9.17) is 41.9 Å². The molecule has 3 rings (SSSR count). The van der Waals surface area contributed by atoms with Crippen LogP contribution in [0.5, 0.6) is 0 Å². The van der Waals surface area contributed by atoms with Crippen LogP contribution in [0.2, 0.25) is 0 Å². The normalized spacial score (nSPS) is 38.9. The molecule has 43 heavy (non-hydrogen) atoms. The molecular formula is C26H50N8O9. The Hall–Kier alpha value is -2.16. The number of carbonyl (C=O) groups is 1. The molecule has 2 heterocycles. The highest BCUT2D eigenvalue weighted by atomic mass is 16.7. The Kier molecular flexibility index (Phi) is 12.9. The van der Waals surface area contributed by atoms with Gasteiger partial charge in [-0.15, -0.1) is 0 Å². The number of likely N-dealkylation sites (N-methyl/N-ethyl adjacent to an activating group) is 1. The van der Waals surface area contributed by atoms with Crippen molar-refractivity contribution in [1.29, 1.82) is 5.41 Å². The van der Waals surface area contributed by atoms with Gasteiger partial charge in [-0.1, -0.05) is 0 Å². The fourth-order valence-electron chi connectivity index (χ4n) is 6.00. The zero-order valence-corrected chi connectivity index (χ0v) is 24.7. The number of rotatable bonds is 13. The average molecular weight is 619 g/mol. The van der Waals surface area contributed by atoms with Gasteiger partial charge in [0.25, 0.3) is 0 Å². The number of guanidine groups is 1. The third-order valence-electron chi connectivity index (χ3n) is 8.24. The number of nitrogens with two attached hydrogens (primary N) is 3. The Morgan fingerprint density at radius 3 is 2.63 bits per heavy atom. The molecule has 1 saturated heterocycles. The van der Waals surface area contributed by atoms with Crippen LogP contribution in [0.15, 0.2) is 11.8 Å². The summed E-state index contributed by atoms with van der Waals surface area (Å²) >= 11 is 0. The fourth-order valence-corrected chi connectivity index (χ4v) is 6.00. The molecule has 0 aromatic carbocycles. The van der Waals surface area contributed by atoms with Crippen molar-refractivity contribution in [3.8, 4) is 0 Å². The molecule has 3 aliphatic rings. The predicted octanol–water partition coefficient (Wildman–Crippen LogP) is -5.56. The molecule has 12 atom stereocenters. The van der Waals surface area contributed by atoms with Crippen molar-refractivity contribution in [1.82, 2.24) is 21.3 Å². The quantitative estimate of drug-likeness (QED) is 0.0520. The van der Waals surface area contributed by atoms with Crippen LogP contribution in [0.4, 0.5) is 0 Å². The van der Waals surface area contributed by atoms with Gasteiger partial charge in [-0.3, -0.25) is 10.2 Å². The molecule has 0 spiro atoms. The van der Waals surface area contributed by atoms with Gasteiger partial charge in [0.2, 0.25) is 5.91 Å². The van der Waals surface area contributed by atoms with Crippen LogP contribution in [0.25, 0.3) is 0 Å². The second-order valence-electron chi connectivity index (χ2n) is 11.7. The van der Waals surface area contributed by atoms with E-state index in [0.717, 1.165) is 0 Å². The molecule has 0 bridgehead atoms. The van der Waals surface area contributed by atoms with Crippen LogP contribution in [-0.4, -0.2) is 144 Å². The van der Waals surface area contributed by atoms with Gasteiger partial charge in [0.15, 0.2) is 12.2 Å². The highest BCUT2D eigenvalue weighted by Gasteiger charge is 2.53. The van der Waals surface area contributed by atoms with E-state index in [0.29, 0.717) is 25.3 Å². The van der Waals surface area contributed by atoms with Gasteiger partial charge in [-0.25, -0.2) is 0 Å². The van der Waals surface area contributed by atoms with Crippen LogP contribution in [0, 0.1) is 11.3 Å². The first-order chi connectivity index (χ1) is 20.3. The molecule has 0 aromatic heterocycles. The molecule has 0 aromatic rings. The van der Waals surface area contributed by atoms with E-state index in [2.05, 4.69) is 21.3 Å². The highest BCUT2D eigenvalue weighted by molar-refractivity contribution is 5.81. The number of amides is 1. The molecule has 2 aliphatic heterocycles. The Morgan fingerprint density at radius 1 is 1.26 bits per heavy atom. The van der Waals surface area contributed by atoms with Gasteiger partial charge < -0.3 is 78.2 Å². The van der Waals surface area contributed by atoms with Crippen LogP contribution in [0.1, 0.15) is 26.2 Å². The van der Waals surface area contributed by atoms with Crippen LogP contribution < -0.4 is 38.5 Å². The van der Waals surface area contributed by atoms with Crippen molar-refractivity contribution in [2.75, 3.05) is 39.9 Å². The average Bonchev–Trinajstić information content (AvgIpc) is 2.93. The number of aliphatic hydroxyl groups excluding tert-OH is 4. The van der Waals surface area contributed by atoms with E-state index in [1.54, 1.807) is 7.05 Å². The van der Waals surface area contributed by atoms with E-state index in [-0.39, 0.29) is 38.6 Å². The van der Waals surface area contributed by atoms with Gasteiger partial charge in [-0.05, 0) is 39.3 Å². The summed E-state index contributed by atoms with van der Waals surface area (Å²) in [6.45, 7) is 2.05. The largest absolute Gasteiger partial charge is 0.492 e. The minimum absolute atomic E-state index is 0.0462. The van der Waals surface area contributed by atoms with Crippen LogP contribution >= 0.6 is 0 Å². The molecule has 1 amide bonds. The van der Waals surface area contributed by atoms with Crippen LogP contribution in [-0.2, 0) is 19.0 Å². The van der Waals surface area contributed by atoms with E-state index in [1.807, 2.05) is 6.08 Å². The maximum Gasteiger partial charge on any atom is 0.249 e. The monoisotopic (exact) mass is 618 g/mol. The molecule has 16 N–H and O–H groups in total. The first kappa shape index (κ1) is 35.3. The van der Waals surface area contributed by atoms with Crippen LogP contribution in [0.3, 0.4) is 0 Å². The maximum atomic E-state index is 12.9. The summed E-state index contributed by atoms with van der Waals surface area (Å²) < 4.78 is 18.0. The van der Waals surface area contributed by atoms with Crippen molar-refractivity contribution < 1.29 is 44.5 Å². The summed E-state index contributed by atoms with van der Waals surface area (Å²) in [5.74, 6) is -1.24. The number of carbonyl (C=O) groups excluding carboxylic acids is 1. The van der Waals surface area contributed by atoms with Gasteiger partial charge in [0.05, 0.1) is 37.9 Å². The van der Waals surface area contributed by atoms with E-state index >= 15 is 0 Å². The third-order valence-corrected chi connectivity index (χ3v) is 8.24. The Balaban J connectivity index is 1.82. The summed E-state index contributed by atoms with van der Waals surface area (Å²) in [4.78, 5) is 12.9. The van der Waals surface area contributed by atoms with Crippen molar-refractivity contribution in [2.24, 2.45) is 23.1 Å². The first-order valence-corrected chi connectivity index (χ1v) is 14.6. The predicted molar refractivity (Wildman–Crippen MR) is 154 cm³/mol. The lowest BCUT2D eigenvalue weighted by atomic mass is 9.72. The highest BCUT2D eigenvalue weighted by Crippen LogP contribution is 2.36. The van der Waals surface area contributed by atoms with E-state index in [1.165, 1.54) is 6.92 Å². The second-order valence-corrected chi connectivity index (χ2v) is 11.7. The zero-order valence-electron chi connectivity index (χ0n) is 24.7. The van der Waals surface area contributed by atoms with E-state index < -0.39 is 78.4 Å². The standard InChI is InChI=1S/C26H50N8O9/c1-26(40)11-41-24(19(38)22(26)31-2)43-21-15(34-23(39)16(36)5-6-33-25(29)30)9-14(28)17(18(21)37)20-13(27)4-3-12(42-20)10-32-7-8-35/h3,13-22,24,31-32,35-38,40H,4-11,27-28H2,1-2H3,(H,34,39)(H4,29,30,33)/t13-,14+,15-,16+,17?,18+,19-,20+,21+,22-,24-,26+/m1/s1. The summed E-state index contributed by atoms with van der Waals surface area (Å²) in [6.07, 6.45) is -5.05. The molecule has 17 nitrogen and oxygen atoms in total. The minimum atomic E-state index is -1.46. The molecule has 2 fully saturated rings. The molecular weight excluding hydrogens is 568 g/mol. The number of nitrogens with one attached hydrogen (secondary N) is 5. The topological polar surface area (TPSA) is 296 Å². The molecule has 0 radical (unpaired) electrons.